The summed E-state index contributed by atoms with van der Waals surface area (Å²) in [5.74, 6) is 1.86. The zero-order valence-electron chi connectivity index (χ0n) is 17.2. The van der Waals surface area contributed by atoms with Gasteiger partial charge in [0.15, 0.2) is 5.96 Å². The molecule has 0 fully saturated rings. The number of carbonyl (C=O) groups is 1. The van der Waals surface area contributed by atoms with Crippen LogP contribution in [0, 0.1) is 13.8 Å². The minimum absolute atomic E-state index is 0.0152. The summed E-state index contributed by atoms with van der Waals surface area (Å²) in [7, 11) is 3.45. The number of guanidine groups is 1. The Labute approximate surface area is 166 Å². The average molecular weight is 383 g/mol. The minimum atomic E-state index is -0.0152. The molecule has 0 aliphatic carbocycles. The molecule has 1 aromatic heterocycles. The Balaban J connectivity index is 2.03. The Morgan fingerprint density at radius 1 is 1.14 bits per heavy atom. The molecule has 0 atom stereocenters. The van der Waals surface area contributed by atoms with Gasteiger partial charge in [-0.05, 0) is 55.7 Å². The normalized spacial score (nSPS) is 11.1. The van der Waals surface area contributed by atoms with Crippen LogP contribution in [0.4, 0.5) is 0 Å². The van der Waals surface area contributed by atoms with E-state index in [0.717, 1.165) is 11.3 Å². The van der Waals surface area contributed by atoms with Crippen molar-refractivity contribution in [2.45, 2.75) is 27.3 Å². The second-order valence-electron chi connectivity index (χ2n) is 6.69. The van der Waals surface area contributed by atoms with Crippen LogP contribution in [0.5, 0.6) is 11.6 Å². The zero-order chi connectivity index (χ0) is 20.5. The van der Waals surface area contributed by atoms with Crippen LogP contribution in [0.3, 0.4) is 0 Å². The van der Waals surface area contributed by atoms with Crippen molar-refractivity contribution < 1.29 is 9.53 Å². The van der Waals surface area contributed by atoms with Crippen molar-refractivity contribution in [1.82, 2.24) is 20.5 Å². The first-order chi connectivity index (χ1) is 13.4. The Morgan fingerprint density at radius 3 is 2.61 bits per heavy atom. The lowest BCUT2D eigenvalue weighted by molar-refractivity contribution is -0.127. The van der Waals surface area contributed by atoms with Gasteiger partial charge in [-0.15, -0.1) is 0 Å². The number of carbonyl (C=O) groups excluding carboxylic acids is 1. The third-order valence-corrected chi connectivity index (χ3v) is 4.17. The summed E-state index contributed by atoms with van der Waals surface area (Å²) in [5.41, 5.74) is 3.36. The molecule has 1 amide bonds. The Kier molecular flexibility index (Phi) is 7.80. The van der Waals surface area contributed by atoms with E-state index in [4.69, 9.17) is 4.74 Å². The number of pyridine rings is 1. The maximum absolute atomic E-state index is 11.7. The molecule has 28 heavy (non-hydrogen) atoms. The third kappa shape index (κ3) is 6.57. The van der Waals surface area contributed by atoms with Crippen LogP contribution in [0.15, 0.2) is 41.5 Å². The molecule has 0 saturated carbocycles. The number of nitrogens with zero attached hydrogens (tertiary/aromatic N) is 3. The van der Waals surface area contributed by atoms with E-state index >= 15 is 0 Å². The highest BCUT2D eigenvalue weighted by molar-refractivity contribution is 5.86. The monoisotopic (exact) mass is 383 g/mol. The number of rotatable bonds is 7. The lowest BCUT2D eigenvalue weighted by Crippen LogP contribution is -2.42. The molecule has 7 heteroatoms. The molecule has 0 radical (unpaired) electrons. The van der Waals surface area contributed by atoms with Gasteiger partial charge in [-0.2, -0.15) is 0 Å². The minimum Gasteiger partial charge on any atom is -0.439 e. The van der Waals surface area contributed by atoms with E-state index in [-0.39, 0.29) is 12.5 Å². The van der Waals surface area contributed by atoms with Crippen molar-refractivity contribution in [2.75, 3.05) is 27.2 Å². The SMILES string of the molecule is CCNC(=NCc1ccnc(Oc2ccc(C)c(C)c2)c1)NCC(=O)N(C)C. The molecule has 2 aromatic rings. The molecule has 0 bridgehead atoms. The van der Waals surface area contributed by atoms with Gasteiger partial charge in [-0.25, -0.2) is 9.98 Å². The van der Waals surface area contributed by atoms with Crippen molar-refractivity contribution in [1.29, 1.82) is 0 Å². The standard InChI is InChI=1S/C21H29N5O2/c1-6-22-21(25-14-20(27)26(4)5)24-13-17-9-10-23-19(12-17)28-18-8-7-15(2)16(3)11-18/h7-12H,6,13-14H2,1-5H3,(H2,22,24,25). The molecule has 2 N–H and O–H groups in total. The lowest BCUT2D eigenvalue weighted by Gasteiger charge is -2.14. The fraction of sp³-hybridized carbons (Fsp3) is 0.381. The molecule has 1 aromatic carbocycles. The molecular weight excluding hydrogens is 354 g/mol. The summed E-state index contributed by atoms with van der Waals surface area (Å²) < 4.78 is 5.87. The third-order valence-electron chi connectivity index (χ3n) is 4.17. The molecule has 0 aliphatic heterocycles. The molecule has 1 heterocycles. The van der Waals surface area contributed by atoms with E-state index in [1.165, 1.54) is 16.0 Å². The Hall–Kier alpha value is -3.09. The highest BCUT2D eigenvalue weighted by atomic mass is 16.5. The number of hydrogen-bond acceptors (Lipinski definition) is 4. The largest absolute Gasteiger partial charge is 0.439 e. The Morgan fingerprint density at radius 2 is 1.93 bits per heavy atom. The summed E-state index contributed by atoms with van der Waals surface area (Å²) >= 11 is 0. The van der Waals surface area contributed by atoms with Gasteiger partial charge < -0.3 is 20.3 Å². The number of likely N-dealkylation sites (N-methyl/N-ethyl adjacent to an activating group) is 1. The van der Waals surface area contributed by atoms with Crippen LogP contribution < -0.4 is 15.4 Å². The van der Waals surface area contributed by atoms with Crippen molar-refractivity contribution in [3.8, 4) is 11.6 Å². The zero-order valence-corrected chi connectivity index (χ0v) is 17.2. The highest BCUT2D eigenvalue weighted by Gasteiger charge is 2.06. The second-order valence-corrected chi connectivity index (χ2v) is 6.69. The van der Waals surface area contributed by atoms with Gasteiger partial charge in [0, 0.05) is 32.9 Å². The topological polar surface area (TPSA) is 78.9 Å². The van der Waals surface area contributed by atoms with Crippen LogP contribution in [0.1, 0.15) is 23.6 Å². The first kappa shape index (κ1) is 21.2. The van der Waals surface area contributed by atoms with Crippen LogP contribution in [-0.2, 0) is 11.3 Å². The van der Waals surface area contributed by atoms with E-state index in [9.17, 15) is 4.79 Å². The van der Waals surface area contributed by atoms with E-state index < -0.39 is 0 Å². The smallest absolute Gasteiger partial charge is 0.241 e. The predicted octanol–water partition coefficient (Wildman–Crippen LogP) is 2.63. The van der Waals surface area contributed by atoms with E-state index in [0.29, 0.717) is 24.9 Å². The van der Waals surface area contributed by atoms with Gasteiger partial charge >= 0.3 is 0 Å². The van der Waals surface area contributed by atoms with Crippen LogP contribution in [-0.4, -0.2) is 48.9 Å². The molecule has 0 unspecified atom stereocenters. The van der Waals surface area contributed by atoms with Crippen molar-refractivity contribution in [3.05, 3.63) is 53.2 Å². The summed E-state index contributed by atoms with van der Waals surface area (Å²) in [5, 5.41) is 6.17. The fourth-order valence-electron chi connectivity index (χ4n) is 2.33. The number of hydrogen-bond donors (Lipinski definition) is 2. The number of aromatic nitrogens is 1. The average Bonchev–Trinajstić information content (AvgIpc) is 2.67. The van der Waals surface area contributed by atoms with Gasteiger partial charge in [0.25, 0.3) is 0 Å². The van der Waals surface area contributed by atoms with Gasteiger partial charge in [0.05, 0.1) is 13.1 Å². The van der Waals surface area contributed by atoms with Crippen LogP contribution in [0.2, 0.25) is 0 Å². The summed E-state index contributed by atoms with van der Waals surface area (Å²) in [6.45, 7) is 7.44. The fourth-order valence-corrected chi connectivity index (χ4v) is 2.33. The molecular formula is C21H29N5O2. The van der Waals surface area contributed by atoms with Gasteiger partial charge in [0.2, 0.25) is 11.8 Å². The number of nitrogens with one attached hydrogen (secondary N) is 2. The van der Waals surface area contributed by atoms with Crippen LogP contribution >= 0.6 is 0 Å². The summed E-state index contributed by atoms with van der Waals surface area (Å²) in [6, 6.07) is 9.72. The van der Waals surface area contributed by atoms with Crippen molar-refractivity contribution in [3.63, 3.8) is 0 Å². The van der Waals surface area contributed by atoms with E-state index in [2.05, 4.69) is 34.5 Å². The van der Waals surface area contributed by atoms with Crippen LogP contribution in [0.25, 0.3) is 0 Å². The molecule has 0 saturated heterocycles. The number of ether oxygens (including phenoxy) is 1. The molecule has 7 nitrogen and oxygen atoms in total. The van der Waals surface area contributed by atoms with Gasteiger partial charge in [-0.1, -0.05) is 6.07 Å². The first-order valence-electron chi connectivity index (χ1n) is 9.31. The summed E-state index contributed by atoms with van der Waals surface area (Å²) in [4.78, 5) is 22.1. The maximum Gasteiger partial charge on any atom is 0.241 e. The quantitative estimate of drug-likeness (QED) is 0.568. The number of aliphatic imine (C=N–C) groups is 1. The maximum atomic E-state index is 11.7. The lowest BCUT2D eigenvalue weighted by atomic mass is 10.1. The van der Waals surface area contributed by atoms with Gasteiger partial charge in [0.1, 0.15) is 5.75 Å². The molecule has 0 spiro atoms. The molecule has 0 aliphatic rings. The number of amides is 1. The predicted molar refractivity (Wildman–Crippen MR) is 112 cm³/mol. The second kappa shape index (κ2) is 10.3. The number of benzene rings is 1. The van der Waals surface area contributed by atoms with Gasteiger partial charge in [-0.3, -0.25) is 4.79 Å². The molecule has 150 valence electrons. The first-order valence-corrected chi connectivity index (χ1v) is 9.31. The van der Waals surface area contributed by atoms with E-state index in [1.807, 2.05) is 37.3 Å². The molecule has 2 rings (SSSR count). The van der Waals surface area contributed by atoms with Crippen molar-refractivity contribution >= 4 is 11.9 Å². The number of aryl methyl sites for hydroxylation is 2. The Bertz CT molecular complexity index is 833. The van der Waals surface area contributed by atoms with E-state index in [1.54, 1.807) is 20.3 Å². The highest BCUT2D eigenvalue weighted by Crippen LogP contribution is 2.22. The van der Waals surface area contributed by atoms with Crippen molar-refractivity contribution in [2.24, 2.45) is 4.99 Å². The summed E-state index contributed by atoms with van der Waals surface area (Å²) in [6.07, 6.45) is 1.71.